The Labute approximate surface area is 142 Å². The van der Waals surface area contributed by atoms with Crippen LogP contribution in [0.15, 0.2) is 28.6 Å². The maximum atomic E-state index is 12.6. The molecule has 124 valence electrons. The van der Waals surface area contributed by atoms with E-state index in [4.69, 9.17) is 11.6 Å². The van der Waals surface area contributed by atoms with E-state index in [2.05, 4.69) is 9.82 Å². The van der Waals surface area contributed by atoms with Crippen molar-refractivity contribution in [3.63, 3.8) is 0 Å². The van der Waals surface area contributed by atoms with Gasteiger partial charge in [0.15, 0.2) is 0 Å². The number of hydrogen-bond acceptors (Lipinski definition) is 5. The molecule has 1 fully saturated rings. The smallest absolute Gasteiger partial charge is 0.250 e. The van der Waals surface area contributed by atoms with Crippen molar-refractivity contribution in [1.29, 1.82) is 0 Å². The Kier molecular flexibility index (Phi) is 4.45. The Morgan fingerprint density at radius 3 is 2.78 bits per heavy atom. The van der Waals surface area contributed by atoms with Crippen molar-refractivity contribution in [3.05, 3.63) is 28.7 Å². The van der Waals surface area contributed by atoms with Gasteiger partial charge in [0, 0.05) is 19.7 Å². The highest BCUT2D eigenvalue weighted by molar-refractivity contribution is 7.91. The van der Waals surface area contributed by atoms with Gasteiger partial charge >= 0.3 is 0 Å². The number of thiophene rings is 1. The van der Waals surface area contributed by atoms with E-state index in [1.807, 2.05) is 0 Å². The maximum absolute atomic E-state index is 12.6. The van der Waals surface area contributed by atoms with Crippen molar-refractivity contribution >= 4 is 44.7 Å². The zero-order valence-electron chi connectivity index (χ0n) is 12.3. The highest BCUT2D eigenvalue weighted by atomic mass is 35.5. The fourth-order valence-electron chi connectivity index (χ4n) is 2.53. The summed E-state index contributed by atoms with van der Waals surface area (Å²) in [5.74, 6) is 0.379. The predicted octanol–water partition coefficient (Wildman–Crippen LogP) is 1.61. The normalized spacial score (nSPS) is 19.3. The molecular formula is C13H15ClN4O3S2. The Hall–Kier alpha value is -1.42. The number of anilines is 1. The Morgan fingerprint density at radius 2 is 2.17 bits per heavy atom. The fourth-order valence-corrected chi connectivity index (χ4v) is 5.25. The standard InChI is InChI=1S/C13H15ClN4O3S2/c1-17-11(6-7-15-17)18-8-2-3-9(13(18)19)16-23(20,21)12-5-4-10(14)22-12/h4-7,9,16H,2-3,8H2,1H3. The third-order valence-electron chi connectivity index (χ3n) is 3.62. The van der Waals surface area contributed by atoms with Gasteiger partial charge in [0.2, 0.25) is 5.91 Å². The van der Waals surface area contributed by atoms with Crippen LogP contribution in [0.3, 0.4) is 0 Å². The number of nitrogens with zero attached hydrogens (tertiary/aromatic N) is 3. The first-order valence-corrected chi connectivity index (χ1v) is 9.63. The first kappa shape index (κ1) is 16.4. The van der Waals surface area contributed by atoms with Crippen LogP contribution in [0.25, 0.3) is 0 Å². The van der Waals surface area contributed by atoms with Gasteiger partial charge in [-0.1, -0.05) is 11.6 Å². The Morgan fingerprint density at radius 1 is 1.39 bits per heavy atom. The Bertz CT molecular complexity index is 830. The largest absolute Gasteiger partial charge is 0.296 e. The summed E-state index contributed by atoms with van der Waals surface area (Å²) in [5.41, 5.74) is 0. The van der Waals surface area contributed by atoms with Crippen LogP contribution in [0.2, 0.25) is 4.34 Å². The summed E-state index contributed by atoms with van der Waals surface area (Å²) in [6.45, 7) is 0.543. The number of halogens is 1. The van der Waals surface area contributed by atoms with E-state index in [0.29, 0.717) is 29.5 Å². The monoisotopic (exact) mass is 374 g/mol. The molecule has 2 aromatic heterocycles. The zero-order valence-corrected chi connectivity index (χ0v) is 14.7. The van der Waals surface area contributed by atoms with Crippen molar-refractivity contribution in [1.82, 2.24) is 14.5 Å². The third kappa shape index (κ3) is 3.27. The molecule has 1 amide bonds. The number of sulfonamides is 1. The van der Waals surface area contributed by atoms with Crippen LogP contribution >= 0.6 is 22.9 Å². The number of carbonyl (C=O) groups excluding carboxylic acids is 1. The van der Waals surface area contributed by atoms with Gasteiger partial charge in [-0.05, 0) is 25.0 Å². The van der Waals surface area contributed by atoms with Crippen LogP contribution in [0.1, 0.15) is 12.8 Å². The molecule has 0 aromatic carbocycles. The van der Waals surface area contributed by atoms with Gasteiger partial charge in [-0.15, -0.1) is 11.3 Å². The van der Waals surface area contributed by atoms with Gasteiger partial charge in [0.25, 0.3) is 10.0 Å². The number of carbonyl (C=O) groups is 1. The van der Waals surface area contributed by atoms with E-state index >= 15 is 0 Å². The van der Waals surface area contributed by atoms with Crippen LogP contribution in [0.5, 0.6) is 0 Å². The average molecular weight is 375 g/mol. The van der Waals surface area contributed by atoms with Crippen molar-refractivity contribution in [2.45, 2.75) is 23.1 Å². The minimum Gasteiger partial charge on any atom is -0.296 e. The van der Waals surface area contributed by atoms with Crippen LogP contribution in [-0.2, 0) is 21.9 Å². The minimum atomic E-state index is -3.76. The van der Waals surface area contributed by atoms with Crippen molar-refractivity contribution in [2.24, 2.45) is 7.05 Å². The molecule has 23 heavy (non-hydrogen) atoms. The quantitative estimate of drug-likeness (QED) is 0.881. The molecule has 1 unspecified atom stereocenters. The number of aryl methyl sites for hydroxylation is 1. The second-order valence-electron chi connectivity index (χ2n) is 5.18. The summed E-state index contributed by atoms with van der Waals surface area (Å²) in [4.78, 5) is 14.2. The van der Waals surface area contributed by atoms with Gasteiger partial charge in [-0.2, -0.15) is 9.82 Å². The highest BCUT2D eigenvalue weighted by Gasteiger charge is 2.34. The van der Waals surface area contributed by atoms with E-state index < -0.39 is 16.1 Å². The summed E-state index contributed by atoms with van der Waals surface area (Å²) < 4.78 is 29.3. The molecule has 1 saturated heterocycles. The van der Waals surface area contributed by atoms with E-state index in [1.165, 1.54) is 12.1 Å². The first-order valence-electron chi connectivity index (χ1n) is 6.95. The molecule has 3 rings (SSSR count). The molecule has 3 heterocycles. The number of rotatable bonds is 4. The van der Waals surface area contributed by atoms with Crippen LogP contribution in [0.4, 0.5) is 5.82 Å². The predicted molar refractivity (Wildman–Crippen MR) is 88.2 cm³/mol. The number of nitrogens with one attached hydrogen (secondary N) is 1. The molecule has 0 saturated carbocycles. The van der Waals surface area contributed by atoms with Gasteiger partial charge in [-0.3, -0.25) is 14.4 Å². The van der Waals surface area contributed by atoms with E-state index in [9.17, 15) is 13.2 Å². The molecule has 1 N–H and O–H groups in total. The SMILES string of the molecule is Cn1nccc1N1CCCC(NS(=O)(=O)c2ccc(Cl)s2)C1=O. The van der Waals surface area contributed by atoms with Gasteiger partial charge in [0.05, 0.1) is 10.5 Å². The minimum absolute atomic E-state index is 0.105. The lowest BCUT2D eigenvalue weighted by Gasteiger charge is -2.32. The molecule has 0 aliphatic carbocycles. The molecule has 1 aliphatic rings. The second-order valence-corrected chi connectivity index (χ2v) is 8.83. The molecular weight excluding hydrogens is 360 g/mol. The summed E-state index contributed by atoms with van der Waals surface area (Å²) in [6.07, 6.45) is 2.77. The van der Waals surface area contributed by atoms with Crippen LogP contribution < -0.4 is 9.62 Å². The van der Waals surface area contributed by atoms with Gasteiger partial charge in [-0.25, -0.2) is 8.42 Å². The molecule has 7 nitrogen and oxygen atoms in total. The highest BCUT2D eigenvalue weighted by Crippen LogP contribution is 2.27. The lowest BCUT2D eigenvalue weighted by atomic mass is 10.1. The lowest BCUT2D eigenvalue weighted by Crippen LogP contribution is -2.52. The lowest BCUT2D eigenvalue weighted by molar-refractivity contribution is -0.121. The maximum Gasteiger partial charge on any atom is 0.250 e. The number of hydrogen-bond donors (Lipinski definition) is 1. The number of piperidine rings is 1. The number of amides is 1. The molecule has 0 radical (unpaired) electrons. The summed E-state index contributed by atoms with van der Waals surface area (Å²) >= 11 is 6.75. The zero-order chi connectivity index (χ0) is 16.6. The van der Waals surface area contributed by atoms with E-state index in [1.54, 1.807) is 28.9 Å². The molecule has 0 bridgehead atoms. The summed E-state index contributed by atoms with van der Waals surface area (Å²) in [6, 6.07) is 3.89. The topological polar surface area (TPSA) is 84.3 Å². The molecule has 2 aromatic rings. The average Bonchev–Trinajstić information content (AvgIpc) is 3.10. The van der Waals surface area contributed by atoms with Crippen molar-refractivity contribution in [3.8, 4) is 0 Å². The van der Waals surface area contributed by atoms with Crippen molar-refractivity contribution in [2.75, 3.05) is 11.4 Å². The van der Waals surface area contributed by atoms with Gasteiger partial charge in [0.1, 0.15) is 16.1 Å². The molecule has 10 heteroatoms. The van der Waals surface area contributed by atoms with Crippen LogP contribution in [0, 0.1) is 0 Å². The summed E-state index contributed by atoms with van der Waals surface area (Å²) in [5, 5.41) is 4.05. The third-order valence-corrected chi connectivity index (χ3v) is 6.82. The van der Waals surface area contributed by atoms with Crippen molar-refractivity contribution < 1.29 is 13.2 Å². The Balaban J connectivity index is 1.80. The molecule has 0 spiro atoms. The molecule has 1 aliphatic heterocycles. The molecule has 1 atom stereocenters. The van der Waals surface area contributed by atoms with E-state index in [-0.39, 0.29) is 10.1 Å². The summed E-state index contributed by atoms with van der Waals surface area (Å²) in [7, 11) is -2.02. The first-order chi connectivity index (χ1) is 10.9. The van der Waals surface area contributed by atoms with Gasteiger partial charge < -0.3 is 0 Å². The second kappa shape index (κ2) is 6.23. The number of aromatic nitrogens is 2. The van der Waals surface area contributed by atoms with Crippen LogP contribution in [-0.4, -0.2) is 36.7 Å². The van der Waals surface area contributed by atoms with E-state index in [0.717, 1.165) is 11.3 Å². The fraction of sp³-hybridized carbons (Fsp3) is 0.385.